The van der Waals surface area contributed by atoms with Gasteiger partial charge in [0.05, 0.1) is 0 Å². The summed E-state index contributed by atoms with van der Waals surface area (Å²) in [5.74, 6) is 0.372. The van der Waals surface area contributed by atoms with Crippen molar-refractivity contribution in [1.29, 1.82) is 0 Å². The number of rotatable bonds is 4. The van der Waals surface area contributed by atoms with Crippen molar-refractivity contribution >= 4 is 11.9 Å². The molecule has 0 aliphatic carbocycles. The lowest BCUT2D eigenvalue weighted by Gasteiger charge is -2.34. The Hall–Kier alpha value is -2.08. The fraction of sp³-hybridized carbons (Fsp3) is 0.556. The Bertz CT molecular complexity index is 578. The molecule has 3 rings (SSSR count). The molecule has 6 heteroatoms. The second kappa shape index (κ2) is 7.66. The molecule has 0 radical (unpaired) electrons. The number of piperazine rings is 1. The van der Waals surface area contributed by atoms with Crippen molar-refractivity contribution in [2.24, 2.45) is 5.92 Å². The highest BCUT2D eigenvalue weighted by Crippen LogP contribution is 2.19. The molecule has 0 bridgehead atoms. The summed E-state index contributed by atoms with van der Waals surface area (Å²) in [5.41, 5.74) is 1.14. The maximum absolute atomic E-state index is 12.3. The predicted octanol–water partition coefficient (Wildman–Crippen LogP) is 1.04. The summed E-state index contributed by atoms with van der Waals surface area (Å²) in [5, 5.41) is 6.29. The second-order valence-corrected chi connectivity index (χ2v) is 6.76. The van der Waals surface area contributed by atoms with Crippen molar-refractivity contribution in [2.45, 2.75) is 25.9 Å². The number of hydrogen-bond acceptors (Lipinski definition) is 3. The molecule has 24 heavy (non-hydrogen) atoms. The lowest BCUT2D eigenvalue weighted by Crippen LogP contribution is -2.55. The summed E-state index contributed by atoms with van der Waals surface area (Å²) in [7, 11) is 0. The van der Waals surface area contributed by atoms with Gasteiger partial charge in [0.25, 0.3) is 0 Å². The summed E-state index contributed by atoms with van der Waals surface area (Å²) in [4.78, 5) is 28.2. The molecule has 2 fully saturated rings. The third-order valence-corrected chi connectivity index (χ3v) is 4.81. The molecule has 6 nitrogen and oxygen atoms in total. The fourth-order valence-electron chi connectivity index (χ4n) is 3.42. The summed E-state index contributed by atoms with van der Waals surface area (Å²) in [6, 6.07) is 10.2. The highest BCUT2D eigenvalue weighted by Gasteiger charge is 2.30. The van der Waals surface area contributed by atoms with Gasteiger partial charge >= 0.3 is 6.03 Å². The first-order valence-electron chi connectivity index (χ1n) is 8.70. The average Bonchev–Trinajstić information content (AvgIpc) is 2.94. The highest BCUT2D eigenvalue weighted by molar-refractivity contribution is 5.79. The number of carbonyl (C=O) groups excluding carboxylic acids is 2. The Morgan fingerprint density at radius 1 is 1.33 bits per heavy atom. The molecule has 2 saturated heterocycles. The van der Waals surface area contributed by atoms with E-state index in [-0.39, 0.29) is 23.9 Å². The van der Waals surface area contributed by atoms with Crippen LogP contribution in [0.5, 0.6) is 0 Å². The summed E-state index contributed by atoms with van der Waals surface area (Å²) >= 11 is 0. The normalized spacial score (nSPS) is 24.3. The third kappa shape index (κ3) is 4.06. The van der Waals surface area contributed by atoms with Crippen molar-refractivity contribution < 1.29 is 9.59 Å². The minimum Gasteiger partial charge on any atom is -0.338 e. The number of hydrogen-bond donors (Lipinski definition) is 2. The minimum atomic E-state index is -0.0158. The van der Waals surface area contributed by atoms with Gasteiger partial charge in [-0.3, -0.25) is 4.79 Å². The van der Waals surface area contributed by atoms with Crippen molar-refractivity contribution in [3.8, 4) is 0 Å². The largest absolute Gasteiger partial charge is 0.338 e. The molecule has 130 valence electrons. The molecule has 2 aliphatic rings. The van der Waals surface area contributed by atoms with Gasteiger partial charge in [0, 0.05) is 57.6 Å². The molecule has 2 N–H and O–H groups in total. The van der Waals surface area contributed by atoms with Crippen LogP contribution >= 0.6 is 0 Å². The van der Waals surface area contributed by atoms with E-state index in [4.69, 9.17) is 0 Å². The standard InChI is InChI=1S/C18H26N4O2/c1-14-10-19-7-8-22(14)18(24)20-11-16-9-17(23)21(13-16)12-15-5-3-2-4-6-15/h2-6,14,16,19H,7-13H2,1H3,(H,20,24). The van der Waals surface area contributed by atoms with E-state index in [0.29, 0.717) is 26.1 Å². The molecule has 1 aromatic rings. The third-order valence-electron chi connectivity index (χ3n) is 4.81. The molecule has 0 saturated carbocycles. The Balaban J connectivity index is 1.46. The quantitative estimate of drug-likeness (QED) is 0.867. The molecule has 2 atom stereocenters. The molecule has 0 spiro atoms. The van der Waals surface area contributed by atoms with Gasteiger partial charge in [0.2, 0.25) is 5.91 Å². The Morgan fingerprint density at radius 2 is 2.12 bits per heavy atom. The van der Waals surface area contributed by atoms with Gasteiger partial charge in [-0.2, -0.15) is 0 Å². The van der Waals surface area contributed by atoms with Crippen LogP contribution in [0.15, 0.2) is 30.3 Å². The SMILES string of the molecule is CC1CNCCN1C(=O)NCC1CC(=O)N(Cc2ccccc2)C1. The number of urea groups is 1. The van der Waals surface area contributed by atoms with Crippen LogP contribution in [0.1, 0.15) is 18.9 Å². The van der Waals surface area contributed by atoms with E-state index in [2.05, 4.69) is 10.6 Å². The first-order valence-corrected chi connectivity index (χ1v) is 8.70. The molecular formula is C18H26N4O2. The zero-order valence-corrected chi connectivity index (χ0v) is 14.2. The van der Waals surface area contributed by atoms with Crippen LogP contribution < -0.4 is 10.6 Å². The van der Waals surface area contributed by atoms with Crippen molar-refractivity contribution in [3.63, 3.8) is 0 Å². The molecule has 2 unspecified atom stereocenters. The van der Waals surface area contributed by atoms with Gasteiger partial charge in [-0.25, -0.2) is 4.79 Å². The topological polar surface area (TPSA) is 64.7 Å². The molecule has 0 aromatic heterocycles. The van der Waals surface area contributed by atoms with E-state index in [9.17, 15) is 9.59 Å². The lowest BCUT2D eigenvalue weighted by molar-refractivity contribution is -0.128. The van der Waals surface area contributed by atoms with Crippen LogP contribution in [0.4, 0.5) is 4.79 Å². The Kier molecular flexibility index (Phi) is 5.35. The summed E-state index contributed by atoms with van der Waals surface area (Å²) in [6.45, 7) is 6.38. The molecule has 1 aromatic carbocycles. The number of nitrogens with one attached hydrogen (secondary N) is 2. The van der Waals surface area contributed by atoms with Gasteiger partial charge in [0.1, 0.15) is 0 Å². The molecule has 2 heterocycles. The van der Waals surface area contributed by atoms with Crippen molar-refractivity contribution in [3.05, 3.63) is 35.9 Å². The average molecular weight is 330 g/mol. The maximum atomic E-state index is 12.3. The maximum Gasteiger partial charge on any atom is 0.317 e. The summed E-state index contributed by atoms with van der Waals surface area (Å²) in [6.07, 6.45) is 0.518. The molecule has 2 aliphatic heterocycles. The minimum absolute atomic E-state index is 0.0158. The van der Waals surface area contributed by atoms with Gasteiger partial charge in [-0.05, 0) is 12.5 Å². The second-order valence-electron chi connectivity index (χ2n) is 6.76. The fourth-order valence-corrected chi connectivity index (χ4v) is 3.42. The Labute approximate surface area is 143 Å². The first-order chi connectivity index (χ1) is 11.6. The van der Waals surface area contributed by atoms with E-state index >= 15 is 0 Å². The van der Waals surface area contributed by atoms with E-state index in [1.165, 1.54) is 0 Å². The van der Waals surface area contributed by atoms with Crippen molar-refractivity contribution in [1.82, 2.24) is 20.4 Å². The van der Waals surface area contributed by atoms with E-state index in [1.807, 2.05) is 47.1 Å². The zero-order chi connectivity index (χ0) is 16.9. The lowest BCUT2D eigenvalue weighted by atomic mass is 10.1. The van der Waals surface area contributed by atoms with Gasteiger partial charge < -0.3 is 20.4 Å². The number of benzene rings is 1. The number of nitrogens with zero attached hydrogens (tertiary/aromatic N) is 2. The predicted molar refractivity (Wildman–Crippen MR) is 92.4 cm³/mol. The van der Waals surface area contributed by atoms with Gasteiger partial charge in [-0.15, -0.1) is 0 Å². The number of amides is 3. The van der Waals surface area contributed by atoms with E-state index in [1.54, 1.807) is 0 Å². The van der Waals surface area contributed by atoms with E-state index in [0.717, 1.165) is 25.2 Å². The van der Waals surface area contributed by atoms with Crippen LogP contribution in [0.3, 0.4) is 0 Å². The summed E-state index contributed by atoms with van der Waals surface area (Å²) < 4.78 is 0. The molecule has 3 amide bonds. The zero-order valence-electron chi connectivity index (χ0n) is 14.2. The van der Waals surface area contributed by atoms with Crippen molar-refractivity contribution in [2.75, 3.05) is 32.7 Å². The van der Waals surface area contributed by atoms with Gasteiger partial charge in [-0.1, -0.05) is 30.3 Å². The van der Waals surface area contributed by atoms with Crippen LogP contribution in [0.25, 0.3) is 0 Å². The van der Waals surface area contributed by atoms with E-state index < -0.39 is 0 Å². The number of likely N-dealkylation sites (tertiary alicyclic amines) is 1. The van der Waals surface area contributed by atoms with Gasteiger partial charge in [0.15, 0.2) is 0 Å². The first kappa shape index (κ1) is 16.8. The number of carbonyl (C=O) groups is 2. The smallest absolute Gasteiger partial charge is 0.317 e. The van der Waals surface area contributed by atoms with Crippen LogP contribution in [-0.4, -0.2) is 60.5 Å². The van der Waals surface area contributed by atoms with Crippen LogP contribution in [0, 0.1) is 5.92 Å². The van der Waals surface area contributed by atoms with Crippen LogP contribution in [0.2, 0.25) is 0 Å². The Morgan fingerprint density at radius 3 is 2.88 bits per heavy atom. The monoisotopic (exact) mass is 330 g/mol. The highest BCUT2D eigenvalue weighted by atomic mass is 16.2. The van der Waals surface area contributed by atoms with Crippen LogP contribution in [-0.2, 0) is 11.3 Å². The molecular weight excluding hydrogens is 304 g/mol.